The van der Waals surface area contributed by atoms with Crippen molar-refractivity contribution >= 4 is 88.2 Å². The fourth-order valence-electron chi connectivity index (χ4n) is 5.62. The van der Waals surface area contributed by atoms with Gasteiger partial charge in [-0.1, -0.05) is 36.4 Å². The Morgan fingerprint density at radius 1 is 0.444 bits per heavy atom. The molecule has 0 spiro atoms. The van der Waals surface area contributed by atoms with Crippen LogP contribution in [0, 0.1) is 0 Å². The van der Waals surface area contributed by atoms with Crippen LogP contribution in [0.2, 0.25) is 0 Å². The van der Waals surface area contributed by atoms with Crippen LogP contribution in [0.25, 0.3) is 21.5 Å². The molecule has 0 heterocycles. The molecule has 6 aromatic rings. The Bertz CT molecular complexity index is 2600. The summed E-state index contributed by atoms with van der Waals surface area (Å²) in [4.78, 5) is 50.6. The third kappa shape index (κ3) is 7.66. The Kier molecular flexibility index (Phi) is 9.76. The van der Waals surface area contributed by atoms with Crippen LogP contribution in [-0.2, 0) is 29.8 Å². The summed E-state index contributed by atoms with van der Waals surface area (Å²) >= 11 is 0. The second-order valence-corrected chi connectivity index (χ2v) is 14.3. The molecule has 274 valence electrons. The van der Waals surface area contributed by atoms with E-state index >= 15 is 0 Å². The number of hydrogen-bond acceptors (Lipinski definition) is 10. The summed E-state index contributed by atoms with van der Waals surface area (Å²) in [5.41, 5.74) is -0.752. The number of anilines is 4. The molecule has 0 aliphatic rings. The molecule has 4 amide bonds. The number of rotatable bonds is 8. The Labute approximate surface area is 305 Å². The lowest BCUT2D eigenvalue weighted by atomic mass is 10.1. The number of hydrogen-bond donors (Lipinski definition) is 8. The van der Waals surface area contributed by atoms with Gasteiger partial charge in [-0.2, -0.15) is 16.8 Å². The van der Waals surface area contributed by atoms with E-state index in [4.69, 9.17) is 0 Å². The molecule has 0 saturated heterocycles. The predicted molar refractivity (Wildman–Crippen MR) is 197 cm³/mol. The number of phenolic OH excluding ortho intramolecular Hbond substituents is 2. The number of carbonyl (C=O) groups is 4. The van der Waals surface area contributed by atoms with Crippen molar-refractivity contribution in [1.82, 2.24) is 0 Å². The molecular formula is C36H26N4O12S2. The molecule has 0 radical (unpaired) electrons. The third-order valence-electron chi connectivity index (χ3n) is 7.96. The zero-order valence-corrected chi connectivity index (χ0v) is 28.9. The summed E-state index contributed by atoms with van der Waals surface area (Å²) in [6, 6.07) is 23.6. The van der Waals surface area contributed by atoms with E-state index in [1.807, 2.05) is 0 Å². The molecular weight excluding hydrogens is 745 g/mol. The maximum absolute atomic E-state index is 13.1. The number of fused-ring (bicyclic) bond motifs is 2. The van der Waals surface area contributed by atoms with Crippen LogP contribution in [-0.4, -0.2) is 59.8 Å². The van der Waals surface area contributed by atoms with Crippen LogP contribution in [0.4, 0.5) is 22.7 Å². The zero-order chi connectivity index (χ0) is 38.9. The first-order chi connectivity index (χ1) is 25.5. The van der Waals surface area contributed by atoms with Crippen molar-refractivity contribution < 1.29 is 55.3 Å². The van der Waals surface area contributed by atoms with Gasteiger partial charge in [0.05, 0.1) is 11.4 Å². The highest BCUT2D eigenvalue weighted by Crippen LogP contribution is 2.36. The number of phenols is 2. The van der Waals surface area contributed by atoms with Gasteiger partial charge in [0, 0.05) is 44.0 Å². The average Bonchev–Trinajstić information content (AvgIpc) is 3.10. The van der Waals surface area contributed by atoms with Crippen LogP contribution >= 0.6 is 0 Å². The van der Waals surface area contributed by atoms with Gasteiger partial charge in [-0.3, -0.25) is 28.3 Å². The van der Waals surface area contributed by atoms with Crippen LogP contribution in [0.3, 0.4) is 0 Å². The van der Waals surface area contributed by atoms with Crippen molar-refractivity contribution in [3.63, 3.8) is 0 Å². The van der Waals surface area contributed by atoms with Gasteiger partial charge < -0.3 is 31.5 Å². The molecule has 0 saturated carbocycles. The molecule has 0 fully saturated rings. The monoisotopic (exact) mass is 770 g/mol. The van der Waals surface area contributed by atoms with E-state index in [0.29, 0.717) is 0 Å². The highest BCUT2D eigenvalue weighted by molar-refractivity contribution is 7.86. The van der Waals surface area contributed by atoms with Crippen molar-refractivity contribution in [3.05, 3.63) is 120 Å². The Hall–Kier alpha value is -6.86. The van der Waals surface area contributed by atoms with Gasteiger partial charge in [-0.25, -0.2) is 0 Å². The standard InChI is InChI=1S/C36H26N4O12S2/c41-29-11-3-9-25-23(29)13-15-27(31(25)53(47,48)49)39-33(43)19-5-1-7-21(17-19)37-35(45)36(46)38-22-8-2-6-20(18-22)34(44)40-28-16-14-24-26(10-4-12-30(24)42)32(28)54(50,51)52/h1-18,41-42H,(H,37,45)(H,38,46)(H,39,43)(H,40,44)(H,47,48,49)(H,50,51,52). The first kappa shape index (κ1) is 36.9. The molecule has 16 nitrogen and oxygen atoms in total. The fourth-order valence-corrected chi connectivity index (χ4v) is 7.33. The molecule has 0 bridgehead atoms. The Morgan fingerprint density at radius 3 is 1.19 bits per heavy atom. The van der Waals surface area contributed by atoms with Gasteiger partial charge in [0.25, 0.3) is 32.1 Å². The first-order valence-electron chi connectivity index (χ1n) is 15.4. The topological polar surface area (TPSA) is 266 Å². The molecule has 54 heavy (non-hydrogen) atoms. The highest BCUT2D eigenvalue weighted by Gasteiger charge is 2.24. The number of carbonyl (C=O) groups excluding carboxylic acids is 4. The van der Waals surface area contributed by atoms with E-state index < -0.39 is 53.7 Å². The number of benzene rings is 6. The zero-order valence-electron chi connectivity index (χ0n) is 27.3. The summed E-state index contributed by atoms with van der Waals surface area (Å²) in [6.07, 6.45) is 0. The van der Waals surface area contributed by atoms with E-state index in [-0.39, 0.29) is 66.9 Å². The molecule has 0 unspecified atom stereocenters. The van der Waals surface area contributed by atoms with E-state index in [2.05, 4.69) is 21.3 Å². The van der Waals surface area contributed by atoms with E-state index in [1.165, 1.54) is 109 Å². The van der Waals surface area contributed by atoms with Gasteiger partial charge >= 0.3 is 11.8 Å². The number of nitrogens with one attached hydrogen (secondary N) is 4. The fraction of sp³-hybridized carbons (Fsp3) is 0. The van der Waals surface area contributed by atoms with Gasteiger partial charge in [-0.05, 0) is 72.8 Å². The molecule has 6 aromatic carbocycles. The summed E-state index contributed by atoms with van der Waals surface area (Å²) < 4.78 is 68.9. The summed E-state index contributed by atoms with van der Waals surface area (Å²) in [5, 5.41) is 29.8. The molecule has 0 atom stereocenters. The molecule has 8 N–H and O–H groups in total. The van der Waals surface area contributed by atoms with Gasteiger partial charge in [-0.15, -0.1) is 0 Å². The van der Waals surface area contributed by atoms with Crippen LogP contribution in [0.15, 0.2) is 119 Å². The van der Waals surface area contributed by atoms with Crippen molar-refractivity contribution in [2.45, 2.75) is 9.79 Å². The van der Waals surface area contributed by atoms with Crippen molar-refractivity contribution in [3.8, 4) is 11.5 Å². The Balaban J connectivity index is 1.15. The van der Waals surface area contributed by atoms with Crippen LogP contribution in [0.1, 0.15) is 20.7 Å². The molecule has 18 heteroatoms. The minimum Gasteiger partial charge on any atom is -0.507 e. The lowest BCUT2D eigenvalue weighted by Gasteiger charge is -2.14. The predicted octanol–water partition coefficient (Wildman–Crippen LogP) is 4.98. The molecule has 6 rings (SSSR count). The largest absolute Gasteiger partial charge is 0.507 e. The van der Waals surface area contributed by atoms with Crippen LogP contribution < -0.4 is 21.3 Å². The van der Waals surface area contributed by atoms with Crippen molar-refractivity contribution in [1.29, 1.82) is 0 Å². The number of aromatic hydroxyl groups is 2. The summed E-state index contributed by atoms with van der Waals surface area (Å²) in [5.74, 6) is -4.55. The minimum atomic E-state index is -4.89. The van der Waals surface area contributed by atoms with Crippen molar-refractivity contribution in [2.24, 2.45) is 0 Å². The molecule has 0 aliphatic carbocycles. The maximum Gasteiger partial charge on any atom is 0.314 e. The van der Waals surface area contributed by atoms with Crippen molar-refractivity contribution in [2.75, 3.05) is 21.3 Å². The van der Waals surface area contributed by atoms with Gasteiger partial charge in [0.15, 0.2) is 0 Å². The third-order valence-corrected chi connectivity index (χ3v) is 9.87. The SMILES string of the molecule is O=C(Nc1cccc(C(=O)Nc2ccc3c(O)cccc3c2S(=O)(=O)O)c1)C(=O)Nc1cccc(C(=O)Nc2ccc3c(O)cccc3c2S(=O)(=O)O)c1. The lowest BCUT2D eigenvalue weighted by molar-refractivity contribution is -0.132. The molecule has 0 aliphatic heterocycles. The number of amides is 4. The second-order valence-electron chi connectivity index (χ2n) is 11.6. The van der Waals surface area contributed by atoms with Crippen LogP contribution in [0.5, 0.6) is 11.5 Å². The highest BCUT2D eigenvalue weighted by atomic mass is 32.2. The normalized spacial score (nSPS) is 11.5. The summed E-state index contributed by atoms with van der Waals surface area (Å²) in [7, 11) is -9.78. The van der Waals surface area contributed by atoms with E-state index in [1.54, 1.807) is 0 Å². The summed E-state index contributed by atoms with van der Waals surface area (Å²) in [6.45, 7) is 0. The van der Waals surface area contributed by atoms with E-state index in [0.717, 1.165) is 0 Å². The van der Waals surface area contributed by atoms with Gasteiger partial charge in [0.1, 0.15) is 21.3 Å². The Morgan fingerprint density at radius 2 is 0.815 bits per heavy atom. The smallest absolute Gasteiger partial charge is 0.314 e. The average molecular weight is 771 g/mol. The lowest BCUT2D eigenvalue weighted by Crippen LogP contribution is -2.29. The second kappa shape index (κ2) is 14.3. The minimum absolute atomic E-state index is 0.00675. The first-order valence-corrected chi connectivity index (χ1v) is 18.3. The quantitative estimate of drug-likeness (QED) is 0.0753. The molecule has 0 aromatic heterocycles. The van der Waals surface area contributed by atoms with E-state index in [9.17, 15) is 55.3 Å². The van der Waals surface area contributed by atoms with Gasteiger partial charge in [0.2, 0.25) is 0 Å². The maximum atomic E-state index is 13.1.